The molecule has 0 atom stereocenters. The molecule has 0 saturated carbocycles. The normalized spacial score (nSPS) is 10.4. The first-order valence-electron chi connectivity index (χ1n) is 7.43. The van der Waals surface area contributed by atoms with Gasteiger partial charge < -0.3 is 14.8 Å². The van der Waals surface area contributed by atoms with Gasteiger partial charge in [-0.2, -0.15) is 0 Å². The van der Waals surface area contributed by atoms with E-state index in [-0.39, 0.29) is 17.9 Å². The van der Waals surface area contributed by atoms with Gasteiger partial charge in [0.2, 0.25) is 0 Å². The van der Waals surface area contributed by atoms with Crippen LogP contribution in [0.15, 0.2) is 65.1 Å². The molecule has 3 rings (SSSR count). The lowest BCUT2D eigenvalue weighted by molar-refractivity contribution is -0.385. The minimum absolute atomic E-state index is 0.00445. The molecule has 2 aromatic carbocycles. The van der Waals surface area contributed by atoms with E-state index in [4.69, 9.17) is 9.52 Å². The van der Waals surface area contributed by atoms with Crippen molar-refractivity contribution >= 4 is 17.3 Å². The topological polar surface area (TPSA) is 106 Å². The summed E-state index contributed by atoms with van der Waals surface area (Å²) in [6, 6.07) is 16.0. The summed E-state index contributed by atoms with van der Waals surface area (Å²) in [5.74, 6) is 0.505. The van der Waals surface area contributed by atoms with E-state index in [1.807, 2.05) is 0 Å². The third kappa shape index (κ3) is 3.56. The summed E-state index contributed by atoms with van der Waals surface area (Å²) < 4.78 is 5.44. The van der Waals surface area contributed by atoms with Gasteiger partial charge in [-0.05, 0) is 42.5 Å². The van der Waals surface area contributed by atoms with Crippen LogP contribution < -0.4 is 5.32 Å². The van der Waals surface area contributed by atoms with E-state index < -0.39 is 10.8 Å². The number of hydrogen-bond donors (Lipinski definition) is 2. The van der Waals surface area contributed by atoms with Crippen LogP contribution in [0.25, 0.3) is 11.3 Å². The molecular weight excluding hydrogens is 324 g/mol. The van der Waals surface area contributed by atoms with Gasteiger partial charge in [-0.1, -0.05) is 12.1 Å². The highest BCUT2D eigenvalue weighted by Crippen LogP contribution is 2.25. The number of anilines is 1. The minimum Gasteiger partial charge on any atom is -0.459 e. The second-order valence-corrected chi connectivity index (χ2v) is 5.23. The zero-order valence-electron chi connectivity index (χ0n) is 13.0. The number of nitrogens with zero attached hydrogens (tertiary/aromatic N) is 1. The number of amides is 1. The molecule has 0 unspecified atom stereocenters. The number of hydrogen-bond acceptors (Lipinski definition) is 5. The van der Waals surface area contributed by atoms with E-state index in [1.54, 1.807) is 42.5 Å². The Balaban J connectivity index is 1.77. The number of nitro groups is 1. The summed E-state index contributed by atoms with van der Waals surface area (Å²) in [6.07, 6.45) is 0. The zero-order valence-corrected chi connectivity index (χ0v) is 13.0. The van der Waals surface area contributed by atoms with Gasteiger partial charge >= 0.3 is 0 Å². The lowest BCUT2D eigenvalue weighted by Gasteiger charge is -2.06. The maximum atomic E-state index is 12.3. The number of carbonyl (C=O) groups is 1. The zero-order chi connectivity index (χ0) is 17.8. The number of para-hydroxylation sites is 1. The summed E-state index contributed by atoms with van der Waals surface area (Å²) in [7, 11) is 0. The molecule has 0 aliphatic heterocycles. The van der Waals surface area contributed by atoms with Crippen molar-refractivity contribution in [2.24, 2.45) is 0 Å². The Morgan fingerprint density at radius 3 is 2.44 bits per heavy atom. The van der Waals surface area contributed by atoms with Crippen LogP contribution in [-0.4, -0.2) is 15.9 Å². The first-order valence-corrected chi connectivity index (χ1v) is 7.43. The third-order valence-corrected chi connectivity index (χ3v) is 3.59. The molecule has 126 valence electrons. The van der Waals surface area contributed by atoms with Crippen molar-refractivity contribution in [3.8, 4) is 11.3 Å². The Labute approximate surface area is 142 Å². The van der Waals surface area contributed by atoms with Crippen LogP contribution in [0.1, 0.15) is 16.1 Å². The van der Waals surface area contributed by atoms with Crippen molar-refractivity contribution in [1.82, 2.24) is 0 Å². The number of rotatable bonds is 5. The molecule has 0 aliphatic rings. The Kier molecular flexibility index (Phi) is 4.58. The van der Waals surface area contributed by atoms with E-state index in [0.29, 0.717) is 17.2 Å². The molecule has 1 heterocycles. The molecule has 1 aromatic heterocycles. The fourth-order valence-corrected chi connectivity index (χ4v) is 2.36. The number of aliphatic hydroxyl groups excluding tert-OH is 1. The highest BCUT2D eigenvalue weighted by atomic mass is 16.6. The summed E-state index contributed by atoms with van der Waals surface area (Å²) in [6.45, 7) is -0.177. The lowest BCUT2D eigenvalue weighted by Crippen LogP contribution is -2.13. The molecule has 0 radical (unpaired) electrons. The molecule has 3 aromatic rings. The Morgan fingerprint density at radius 1 is 1.08 bits per heavy atom. The third-order valence-electron chi connectivity index (χ3n) is 3.59. The molecule has 0 bridgehead atoms. The number of nitro benzene ring substituents is 1. The van der Waals surface area contributed by atoms with Crippen molar-refractivity contribution < 1.29 is 19.2 Å². The van der Waals surface area contributed by atoms with Gasteiger partial charge in [0.1, 0.15) is 23.7 Å². The molecule has 0 fully saturated rings. The second-order valence-electron chi connectivity index (χ2n) is 5.23. The van der Waals surface area contributed by atoms with Crippen LogP contribution in [0.4, 0.5) is 11.4 Å². The lowest BCUT2D eigenvalue weighted by atomic mass is 10.1. The van der Waals surface area contributed by atoms with Crippen LogP contribution in [-0.2, 0) is 6.61 Å². The highest BCUT2D eigenvalue weighted by Gasteiger charge is 2.19. The first-order chi connectivity index (χ1) is 12.1. The largest absolute Gasteiger partial charge is 0.459 e. The molecule has 0 aliphatic carbocycles. The van der Waals surface area contributed by atoms with Crippen molar-refractivity contribution in [2.45, 2.75) is 6.61 Å². The van der Waals surface area contributed by atoms with Crippen molar-refractivity contribution in [2.75, 3.05) is 5.32 Å². The number of carbonyl (C=O) groups excluding carboxylic acids is 1. The molecule has 25 heavy (non-hydrogen) atoms. The van der Waals surface area contributed by atoms with Crippen molar-refractivity contribution in [3.63, 3.8) is 0 Å². The van der Waals surface area contributed by atoms with E-state index in [9.17, 15) is 14.9 Å². The van der Waals surface area contributed by atoms with Gasteiger partial charge in [-0.3, -0.25) is 14.9 Å². The molecule has 7 heteroatoms. The maximum Gasteiger partial charge on any atom is 0.282 e. The Hall–Kier alpha value is -3.45. The number of furan rings is 1. The standard InChI is InChI=1S/C18H14N2O5/c21-11-14-9-10-17(25-14)12-5-7-13(8-6-12)19-18(22)15-3-1-2-4-16(15)20(23)24/h1-10,21H,11H2,(H,19,22). The Bertz CT molecular complexity index is 915. The van der Waals surface area contributed by atoms with Crippen LogP contribution in [0.2, 0.25) is 0 Å². The summed E-state index contributed by atoms with van der Waals surface area (Å²) in [5.41, 5.74) is 1.03. The van der Waals surface area contributed by atoms with E-state index in [1.165, 1.54) is 18.2 Å². The van der Waals surface area contributed by atoms with E-state index >= 15 is 0 Å². The molecule has 7 nitrogen and oxygen atoms in total. The van der Waals surface area contributed by atoms with Gasteiger partial charge in [-0.25, -0.2) is 0 Å². The van der Waals surface area contributed by atoms with Crippen molar-refractivity contribution in [3.05, 3.63) is 82.1 Å². The van der Waals surface area contributed by atoms with Crippen LogP contribution in [0.5, 0.6) is 0 Å². The Morgan fingerprint density at radius 2 is 1.80 bits per heavy atom. The molecule has 0 spiro atoms. The fourth-order valence-electron chi connectivity index (χ4n) is 2.36. The smallest absolute Gasteiger partial charge is 0.282 e. The van der Waals surface area contributed by atoms with E-state index in [0.717, 1.165) is 5.56 Å². The fraction of sp³-hybridized carbons (Fsp3) is 0.0556. The van der Waals surface area contributed by atoms with Gasteiger partial charge in [0.05, 0.1) is 4.92 Å². The summed E-state index contributed by atoms with van der Waals surface area (Å²) >= 11 is 0. The SMILES string of the molecule is O=C(Nc1ccc(-c2ccc(CO)o2)cc1)c1ccccc1[N+](=O)[O-]. The number of benzene rings is 2. The summed E-state index contributed by atoms with van der Waals surface area (Å²) in [5, 5.41) is 22.7. The molecule has 2 N–H and O–H groups in total. The maximum absolute atomic E-state index is 12.3. The van der Waals surface area contributed by atoms with Gasteiger partial charge in [-0.15, -0.1) is 0 Å². The molecule has 0 saturated heterocycles. The van der Waals surface area contributed by atoms with Gasteiger partial charge in [0, 0.05) is 17.3 Å². The number of aliphatic hydroxyl groups is 1. The highest BCUT2D eigenvalue weighted by molar-refractivity contribution is 6.07. The monoisotopic (exact) mass is 338 g/mol. The van der Waals surface area contributed by atoms with E-state index in [2.05, 4.69) is 5.32 Å². The van der Waals surface area contributed by atoms with Crippen molar-refractivity contribution in [1.29, 1.82) is 0 Å². The predicted octanol–water partition coefficient (Wildman–Crippen LogP) is 3.60. The molecule has 1 amide bonds. The van der Waals surface area contributed by atoms with Gasteiger partial charge in [0.25, 0.3) is 11.6 Å². The van der Waals surface area contributed by atoms with Gasteiger partial charge in [0.15, 0.2) is 0 Å². The average Bonchev–Trinajstić information content (AvgIpc) is 3.11. The second kappa shape index (κ2) is 6.98. The van der Waals surface area contributed by atoms with Crippen LogP contribution >= 0.6 is 0 Å². The van der Waals surface area contributed by atoms with Crippen LogP contribution in [0.3, 0.4) is 0 Å². The summed E-state index contributed by atoms with van der Waals surface area (Å²) in [4.78, 5) is 22.7. The first kappa shape index (κ1) is 16.4. The predicted molar refractivity (Wildman–Crippen MR) is 91.1 cm³/mol. The quantitative estimate of drug-likeness (QED) is 0.546. The minimum atomic E-state index is -0.590. The van der Waals surface area contributed by atoms with Crippen LogP contribution in [0, 0.1) is 10.1 Å². The average molecular weight is 338 g/mol. The molecular formula is C18H14N2O5. The number of nitrogens with one attached hydrogen (secondary N) is 1.